The Morgan fingerprint density at radius 1 is 1.00 bits per heavy atom. The zero-order valence-electron chi connectivity index (χ0n) is 16.3. The quantitative estimate of drug-likeness (QED) is 0.476. The van der Waals surface area contributed by atoms with Gasteiger partial charge in [-0.2, -0.15) is 0 Å². The third-order valence-corrected chi connectivity index (χ3v) is 5.19. The van der Waals surface area contributed by atoms with Crippen molar-refractivity contribution in [2.75, 3.05) is 12.0 Å². The van der Waals surface area contributed by atoms with Crippen LogP contribution in [0.4, 0.5) is 5.95 Å². The summed E-state index contributed by atoms with van der Waals surface area (Å²) >= 11 is 0. The SMILES string of the molecule is COC(=O)c1ccc([C@H]2c3c(oc4ccccc4c3=O)C(=O)N2c2ncccn2)cc1. The van der Waals surface area contributed by atoms with Gasteiger partial charge >= 0.3 is 5.97 Å². The maximum absolute atomic E-state index is 13.4. The first-order valence-electron chi connectivity index (χ1n) is 9.44. The molecule has 0 N–H and O–H groups in total. The molecule has 2 aromatic heterocycles. The Bertz CT molecular complexity index is 1380. The van der Waals surface area contributed by atoms with Crippen molar-refractivity contribution in [2.24, 2.45) is 0 Å². The highest BCUT2D eigenvalue weighted by atomic mass is 16.5. The first-order chi connectivity index (χ1) is 15.1. The number of rotatable bonds is 3. The molecule has 0 saturated heterocycles. The average Bonchev–Trinajstić information content (AvgIpc) is 3.12. The van der Waals surface area contributed by atoms with Gasteiger partial charge in [-0.3, -0.25) is 14.5 Å². The number of hydrogen-bond acceptors (Lipinski definition) is 7. The van der Waals surface area contributed by atoms with E-state index in [2.05, 4.69) is 9.97 Å². The highest BCUT2D eigenvalue weighted by Crippen LogP contribution is 2.39. The van der Waals surface area contributed by atoms with Crippen LogP contribution in [0.25, 0.3) is 11.0 Å². The van der Waals surface area contributed by atoms with E-state index in [-0.39, 0.29) is 22.7 Å². The van der Waals surface area contributed by atoms with Gasteiger partial charge in [0.05, 0.1) is 29.7 Å². The molecular weight excluding hydrogens is 398 g/mol. The van der Waals surface area contributed by atoms with Crippen LogP contribution in [0.15, 0.2) is 76.2 Å². The van der Waals surface area contributed by atoms with Crippen molar-refractivity contribution < 1.29 is 18.7 Å². The summed E-state index contributed by atoms with van der Waals surface area (Å²) in [6.45, 7) is 0. The monoisotopic (exact) mass is 413 g/mol. The lowest BCUT2D eigenvalue weighted by Gasteiger charge is -2.23. The Balaban J connectivity index is 1.75. The maximum Gasteiger partial charge on any atom is 0.337 e. The number of carbonyl (C=O) groups is 2. The summed E-state index contributed by atoms with van der Waals surface area (Å²) in [7, 11) is 1.30. The van der Waals surface area contributed by atoms with Gasteiger partial charge in [0, 0.05) is 12.4 Å². The van der Waals surface area contributed by atoms with Crippen LogP contribution in [-0.4, -0.2) is 29.0 Å². The van der Waals surface area contributed by atoms with Crippen molar-refractivity contribution in [1.29, 1.82) is 0 Å². The van der Waals surface area contributed by atoms with Crippen molar-refractivity contribution >= 4 is 28.8 Å². The third kappa shape index (κ3) is 2.88. The van der Waals surface area contributed by atoms with Crippen LogP contribution in [0, 0.1) is 0 Å². The van der Waals surface area contributed by atoms with Gasteiger partial charge in [-0.25, -0.2) is 14.8 Å². The number of fused-ring (bicyclic) bond motifs is 2. The topological polar surface area (TPSA) is 103 Å². The summed E-state index contributed by atoms with van der Waals surface area (Å²) in [5.41, 5.74) is 1.20. The number of aromatic nitrogens is 2. The van der Waals surface area contributed by atoms with Gasteiger partial charge in [0.15, 0.2) is 5.43 Å². The second kappa shape index (κ2) is 7.17. The van der Waals surface area contributed by atoms with Crippen molar-refractivity contribution in [3.63, 3.8) is 0 Å². The molecule has 0 radical (unpaired) electrons. The van der Waals surface area contributed by atoms with Crippen LogP contribution in [0.2, 0.25) is 0 Å². The Labute approximate surface area is 175 Å². The second-order valence-electron chi connectivity index (χ2n) is 6.91. The van der Waals surface area contributed by atoms with E-state index in [0.717, 1.165) is 0 Å². The number of benzene rings is 2. The summed E-state index contributed by atoms with van der Waals surface area (Å²) in [5.74, 6) is -0.892. The molecule has 0 aliphatic carbocycles. The molecule has 1 amide bonds. The van der Waals surface area contributed by atoms with Gasteiger partial charge in [0.1, 0.15) is 5.58 Å². The molecule has 0 bridgehead atoms. The van der Waals surface area contributed by atoms with Gasteiger partial charge in [-0.15, -0.1) is 0 Å². The molecule has 0 saturated carbocycles. The lowest BCUT2D eigenvalue weighted by molar-refractivity contribution is 0.0600. The normalized spacial score (nSPS) is 15.2. The molecule has 8 nitrogen and oxygen atoms in total. The molecule has 1 atom stereocenters. The van der Waals surface area contributed by atoms with Crippen LogP contribution in [0.1, 0.15) is 38.1 Å². The summed E-state index contributed by atoms with van der Waals surface area (Å²) < 4.78 is 10.6. The number of hydrogen-bond donors (Lipinski definition) is 0. The molecule has 4 aromatic rings. The smallest absolute Gasteiger partial charge is 0.337 e. The van der Waals surface area contributed by atoms with Gasteiger partial charge in [-0.1, -0.05) is 24.3 Å². The van der Waals surface area contributed by atoms with Crippen LogP contribution in [-0.2, 0) is 4.74 Å². The minimum Gasteiger partial charge on any atom is -0.465 e. The maximum atomic E-state index is 13.4. The van der Waals surface area contributed by atoms with Crippen LogP contribution >= 0.6 is 0 Å². The number of esters is 1. The predicted octanol–water partition coefficient (Wildman–Crippen LogP) is 3.12. The fourth-order valence-electron chi connectivity index (χ4n) is 3.78. The fourth-order valence-corrected chi connectivity index (χ4v) is 3.78. The molecule has 0 unspecified atom stereocenters. The van der Waals surface area contributed by atoms with E-state index < -0.39 is 17.9 Å². The van der Waals surface area contributed by atoms with E-state index in [0.29, 0.717) is 22.1 Å². The molecule has 31 heavy (non-hydrogen) atoms. The zero-order chi connectivity index (χ0) is 21.5. The summed E-state index contributed by atoms with van der Waals surface area (Å²) in [4.78, 5) is 48.3. The molecule has 0 spiro atoms. The number of para-hydroxylation sites is 1. The van der Waals surface area contributed by atoms with Gasteiger partial charge in [0.2, 0.25) is 11.7 Å². The van der Waals surface area contributed by atoms with Gasteiger partial charge < -0.3 is 9.15 Å². The number of anilines is 1. The summed E-state index contributed by atoms with van der Waals surface area (Å²) in [6, 6.07) is 14.1. The van der Waals surface area contributed by atoms with E-state index in [1.807, 2.05) is 0 Å². The highest BCUT2D eigenvalue weighted by molar-refractivity contribution is 6.09. The molecule has 152 valence electrons. The lowest BCUT2D eigenvalue weighted by atomic mass is 9.97. The Hall–Kier alpha value is -4.33. The first kappa shape index (κ1) is 18.7. The molecule has 5 rings (SSSR count). The number of ether oxygens (including phenoxy) is 1. The third-order valence-electron chi connectivity index (χ3n) is 5.19. The van der Waals surface area contributed by atoms with Crippen LogP contribution in [0.3, 0.4) is 0 Å². The molecule has 0 fully saturated rings. The minimum absolute atomic E-state index is 0.0433. The number of methoxy groups -OCH3 is 1. The average molecular weight is 413 g/mol. The number of amides is 1. The number of nitrogens with zero attached hydrogens (tertiary/aromatic N) is 3. The molecular formula is C23H15N3O5. The molecule has 3 heterocycles. The van der Waals surface area contributed by atoms with E-state index >= 15 is 0 Å². The fraction of sp³-hybridized carbons (Fsp3) is 0.0870. The molecule has 8 heteroatoms. The molecule has 1 aliphatic rings. The lowest BCUT2D eigenvalue weighted by Crippen LogP contribution is -2.31. The van der Waals surface area contributed by atoms with E-state index in [9.17, 15) is 14.4 Å². The van der Waals surface area contributed by atoms with Crippen molar-refractivity contribution in [1.82, 2.24) is 9.97 Å². The van der Waals surface area contributed by atoms with Crippen LogP contribution in [0.5, 0.6) is 0 Å². The zero-order valence-corrected chi connectivity index (χ0v) is 16.3. The Morgan fingerprint density at radius 3 is 2.42 bits per heavy atom. The largest absolute Gasteiger partial charge is 0.465 e. The Kier molecular flexibility index (Phi) is 4.32. The van der Waals surface area contributed by atoms with Crippen LogP contribution < -0.4 is 10.3 Å². The van der Waals surface area contributed by atoms with Gasteiger partial charge in [0.25, 0.3) is 5.91 Å². The van der Waals surface area contributed by atoms with E-state index in [4.69, 9.17) is 9.15 Å². The standard InChI is InChI=1S/C23H15N3O5/c1-30-22(29)14-9-7-13(8-10-14)18-17-19(27)15-5-2-3-6-16(15)31-20(17)21(28)26(18)23-24-11-4-12-25-23/h2-12,18H,1H3/t18-/m0/s1. The van der Waals surface area contributed by atoms with E-state index in [1.165, 1.54) is 24.4 Å². The molecule has 1 aliphatic heterocycles. The molecule has 2 aromatic carbocycles. The minimum atomic E-state index is -0.808. The first-order valence-corrected chi connectivity index (χ1v) is 9.44. The highest BCUT2D eigenvalue weighted by Gasteiger charge is 2.44. The van der Waals surface area contributed by atoms with Gasteiger partial charge in [-0.05, 0) is 35.9 Å². The van der Waals surface area contributed by atoms with E-state index in [1.54, 1.807) is 54.6 Å². The Morgan fingerprint density at radius 2 is 1.71 bits per heavy atom. The second-order valence-corrected chi connectivity index (χ2v) is 6.91. The number of carbonyl (C=O) groups excluding carboxylic acids is 2. The van der Waals surface area contributed by atoms with Crippen molar-refractivity contribution in [2.45, 2.75) is 6.04 Å². The van der Waals surface area contributed by atoms with Crippen molar-refractivity contribution in [3.05, 3.63) is 99.7 Å². The predicted molar refractivity (Wildman–Crippen MR) is 111 cm³/mol. The summed E-state index contributed by atoms with van der Waals surface area (Å²) in [6.07, 6.45) is 3.03. The van der Waals surface area contributed by atoms with Crippen molar-refractivity contribution in [3.8, 4) is 0 Å². The summed E-state index contributed by atoms with van der Waals surface area (Å²) in [5, 5.41) is 0.376.